The summed E-state index contributed by atoms with van der Waals surface area (Å²) in [5, 5.41) is 53.4. The number of rotatable bonds is 14. The van der Waals surface area contributed by atoms with Crippen LogP contribution in [-0.4, -0.2) is 149 Å². The molecule has 7 rings (SSSR count). The first-order valence-corrected chi connectivity index (χ1v) is 20.3. The number of hydrogen-bond donors (Lipinski definition) is 11. The van der Waals surface area contributed by atoms with E-state index in [2.05, 4.69) is 24.9 Å². The highest BCUT2D eigenvalue weighted by molar-refractivity contribution is 7.47. The number of nitrogens with zero attached hydrogens (tertiary/aromatic N) is 7. The molecule has 0 bridgehead atoms. The van der Waals surface area contributed by atoms with E-state index in [4.69, 9.17) is 49.5 Å². The zero-order valence-electron chi connectivity index (χ0n) is 30.2. The number of nitrogens with two attached hydrogens (primary N) is 3. The van der Waals surface area contributed by atoms with E-state index in [1.807, 2.05) is 0 Å². The first kappa shape index (κ1) is 43.5. The molecule has 14 N–H and O–H groups in total. The Morgan fingerprint density at radius 3 is 1.73 bits per heavy atom. The maximum Gasteiger partial charge on any atom is 0.472 e. The summed E-state index contributed by atoms with van der Waals surface area (Å²) in [5.74, 6) is -0.676. The van der Waals surface area contributed by atoms with Crippen LogP contribution in [-0.2, 0) is 41.4 Å². The van der Waals surface area contributed by atoms with Crippen LogP contribution in [0.25, 0.3) is 11.2 Å². The lowest BCUT2D eigenvalue weighted by molar-refractivity contribution is -0.0641. The molecule has 3 saturated heterocycles. The average Bonchev–Trinajstić information content (AvgIpc) is 3.89. The number of ether oxygens (including phenoxy) is 3. The first-order chi connectivity index (χ1) is 28.3. The summed E-state index contributed by atoms with van der Waals surface area (Å²) in [6.45, 7) is -2.96. The zero-order valence-corrected chi connectivity index (χ0v) is 32.0. The molecule has 60 heavy (non-hydrogen) atoms. The van der Waals surface area contributed by atoms with Gasteiger partial charge in [-0.05, 0) is 12.1 Å². The molecule has 3 aliphatic rings. The van der Waals surface area contributed by atoms with E-state index < -0.39 is 126 Å². The molecule has 2 unspecified atom stereocenters. The van der Waals surface area contributed by atoms with Crippen molar-refractivity contribution < 1.29 is 76.8 Å². The van der Waals surface area contributed by atoms with E-state index in [0.29, 0.717) is 4.57 Å². The second kappa shape index (κ2) is 16.7. The minimum Gasteiger partial charge on any atom is -0.394 e. The number of aromatic amines is 1. The van der Waals surface area contributed by atoms with Crippen molar-refractivity contribution in [3.63, 3.8) is 0 Å². The van der Waals surface area contributed by atoms with Crippen LogP contribution >= 0.6 is 15.6 Å². The molecule has 0 aliphatic carbocycles. The van der Waals surface area contributed by atoms with Gasteiger partial charge < -0.3 is 66.7 Å². The van der Waals surface area contributed by atoms with Gasteiger partial charge in [-0.25, -0.2) is 23.7 Å². The van der Waals surface area contributed by atoms with Crippen molar-refractivity contribution in [1.29, 1.82) is 0 Å². The van der Waals surface area contributed by atoms with Crippen molar-refractivity contribution in [2.75, 3.05) is 37.0 Å². The Balaban J connectivity index is 1.06. The van der Waals surface area contributed by atoms with E-state index in [1.165, 1.54) is 6.07 Å². The Bertz CT molecular complexity index is 2500. The molecule has 0 amide bonds. The molecule has 14 atom stereocenters. The number of H-pyrrole nitrogens is 1. The molecule has 3 fully saturated rings. The number of nitrogen functional groups attached to an aromatic ring is 3. The number of phosphoric acid groups is 2. The van der Waals surface area contributed by atoms with E-state index in [0.717, 1.165) is 33.9 Å². The second-order valence-corrected chi connectivity index (χ2v) is 16.2. The Labute approximate surface area is 332 Å². The summed E-state index contributed by atoms with van der Waals surface area (Å²) in [4.78, 5) is 75.8. The standard InChI is InChI=1S/C28H37N11O19P2/c29-12-1-3-37(27(46)33-12)23-16(42)15(41)10(55-23)6-52-59(48,49)58-20-11(56-24(18(20)44)38-4-2-13(30)34-28(38)47)7-53-60(50,51)57-19-9(5-40)54-25(17(19)43)39-8-32-14-21(39)35-26(31)36-22(14)45/h1-4,8-11,15-20,23-25,40-44H,5-7H2,(H,48,49)(H,50,51)(H2,29,33,46)(H2,30,34,47)(H3,31,35,36,45)/t9-,10-,11-,15-,16-,17-,18-,19-,20-,23-,24-,25-/m1/s1. The third kappa shape index (κ3) is 8.63. The van der Waals surface area contributed by atoms with Gasteiger partial charge in [-0.2, -0.15) is 15.0 Å². The van der Waals surface area contributed by atoms with Gasteiger partial charge in [-0.1, -0.05) is 0 Å². The number of imidazole rings is 1. The molecule has 0 spiro atoms. The molecule has 328 valence electrons. The predicted octanol–water partition coefficient (Wildman–Crippen LogP) is -5.49. The maximum absolute atomic E-state index is 13.3. The summed E-state index contributed by atoms with van der Waals surface area (Å²) in [6, 6.07) is 2.35. The van der Waals surface area contributed by atoms with Crippen LogP contribution in [0.15, 0.2) is 45.2 Å². The molecule has 30 nitrogen and oxygen atoms in total. The van der Waals surface area contributed by atoms with Crippen molar-refractivity contribution in [3.05, 3.63) is 62.2 Å². The van der Waals surface area contributed by atoms with Gasteiger partial charge in [0.25, 0.3) is 5.56 Å². The molecule has 0 saturated carbocycles. The fourth-order valence-corrected chi connectivity index (χ4v) is 8.54. The predicted molar refractivity (Wildman–Crippen MR) is 193 cm³/mol. The highest BCUT2D eigenvalue weighted by atomic mass is 31.2. The summed E-state index contributed by atoms with van der Waals surface area (Å²) < 4.78 is 66.5. The topological polar surface area (TPSA) is 452 Å². The van der Waals surface area contributed by atoms with Gasteiger partial charge in [0, 0.05) is 12.4 Å². The van der Waals surface area contributed by atoms with Crippen molar-refractivity contribution in [2.24, 2.45) is 0 Å². The summed E-state index contributed by atoms with van der Waals surface area (Å²) >= 11 is 0. The van der Waals surface area contributed by atoms with Crippen LogP contribution in [0, 0.1) is 0 Å². The molecule has 7 heterocycles. The third-order valence-electron chi connectivity index (χ3n) is 9.43. The number of nitrogens with one attached hydrogen (secondary N) is 1. The first-order valence-electron chi connectivity index (χ1n) is 17.3. The minimum absolute atomic E-state index is 0.144. The van der Waals surface area contributed by atoms with Gasteiger partial charge in [-0.15, -0.1) is 0 Å². The fraction of sp³-hybridized carbons (Fsp3) is 0.536. The smallest absolute Gasteiger partial charge is 0.394 e. The highest BCUT2D eigenvalue weighted by Gasteiger charge is 2.53. The Kier molecular flexibility index (Phi) is 12.1. The quantitative estimate of drug-likeness (QED) is 0.0526. The molecule has 4 aromatic rings. The number of hydrogen-bond acceptors (Lipinski definition) is 24. The molecule has 0 aromatic carbocycles. The summed E-state index contributed by atoms with van der Waals surface area (Å²) in [7, 11) is -10.8. The number of anilines is 3. The Hall–Kier alpha value is -4.59. The molecule has 4 aromatic heterocycles. The van der Waals surface area contributed by atoms with Crippen LogP contribution in [0.3, 0.4) is 0 Å². The largest absolute Gasteiger partial charge is 0.472 e. The number of fused-ring (bicyclic) bond motifs is 1. The van der Waals surface area contributed by atoms with E-state index in [9.17, 15) is 58.8 Å². The molecule has 32 heteroatoms. The van der Waals surface area contributed by atoms with Crippen molar-refractivity contribution in [2.45, 2.75) is 73.6 Å². The minimum atomic E-state index is -5.40. The lowest BCUT2D eigenvalue weighted by Crippen LogP contribution is -2.38. The molecular weight excluding hydrogens is 856 g/mol. The molecule has 0 radical (unpaired) electrons. The van der Waals surface area contributed by atoms with Gasteiger partial charge in [0.15, 0.2) is 29.8 Å². The van der Waals surface area contributed by atoms with Crippen LogP contribution in [0.1, 0.15) is 18.7 Å². The average molecular weight is 894 g/mol. The Morgan fingerprint density at radius 1 is 0.700 bits per heavy atom. The Morgan fingerprint density at radius 2 is 1.18 bits per heavy atom. The summed E-state index contributed by atoms with van der Waals surface area (Å²) in [6.07, 6.45) is -17.8. The number of aliphatic hydroxyl groups is 5. The molecule has 3 aliphatic heterocycles. The van der Waals surface area contributed by atoms with Gasteiger partial charge in [0.1, 0.15) is 66.6 Å². The van der Waals surface area contributed by atoms with Gasteiger partial charge in [-0.3, -0.25) is 41.6 Å². The van der Waals surface area contributed by atoms with E-state index in [-0.39, 0.29) is 28.7 Å². The van der Waals surface area contributed by atoms with Crippen LogP contribution in [0.5, 0.6) is 0 Å². The van der Waals surface area contributed by atoms with Crippen LogP contribution in [0.2, 0.25) is 0 Å². The maximum atomic E-state index is 13.3. The van der Waals surface area contributed by atoms with Crippen molar-refractivity contribution in [3.8, 4) is 0 Å². The van der Waals surface area contributed by atoms with Gasteiger partial charge in [0.2, 0.25) is 5.95 Å². The normalized spacial score (nSPS) is 32.6. The lowest BCUT2D eigenvalue weighted by Gasteiger charge is -2.25. The zero-order chi connectivity index (χ0) is 43.4. The second-order valence-electron chi connectivity index (χ2n) is 13.4. The van der Waals surface area contributed by atoms with Crippen LogP contribution in [0.4, 0.5) is 17.6 Å². The highest BCUT2D eigenvalue weighted by Crippen LogP contribution is 2.52. The monoisotopic (exact) mass is 893 g/mol. The van der Waals surface area contributed by atoms with E-state index in [1.54, 1.807) is 0 Å². The van der Waals surface area contributed by atoms with Gasteiger partial charge in [0.05, 0.1) is 26.1 Å². The van der Waals surface area contributed by atoms with Crippen LogP contribution < -0.4 is 34.1 Å². The van der Waals surface area contributed by atoms with Gasteiger partial charge >= 0.3 is 27.0 Å². The number of phosphoric ester groups is 2. The number of aliphatic hydroxyl groups excluding tert-OH is 5. The van der Waals surface area contributed by atoms with E-state index >= 15 is 0 Å². The SMILES string of the molecule is Nc1ccn([C@@H]2O[C@H](COP(=O)(O)O[C@H]3[C@@H](O)[C@H](n4ccc(N)nc4=O)O[C@@H]3COP(=O)(O)O[C@H]3[C@@H](O)[C@H](n4cnc5c(=O)[nH]c(N)nc54)O[C@@H]3CO)[C@@H](O)[C@H]2O)c(=O)n1. The third-order valence-corrected chi connectivity index (χ3v) is 11.4. The number of aromatic nitrogens is 8. The fourth-order valence-electron chi connectivity index (χ4n) is 6.61. The van der Waals surface area contributed by atoms with Crippen molar-refractivity contribution >= 4 is 44.4 Å². The lowest BCUT2D eigenvalue weighted by atomic mass is 10.1. The summed E-state index contributed by atoms with van der Waals surface area (Å²) in [5.41, 5.74) is 13.6. The molecular formula is C28H37N11O19P2. The van der Waals surface area contributed by atoms with Crippen molar-refractivity contribution in [1.82, 2.24) is 38.6 Å².